The maximum Gasteiger partial charge on any atom is 0.459 e. The molecule has 15 heteroatoms. The van der Waals surface area contributed by atoms with Crippen LogP contribution in [0.25, 0.3) is 0 Å². The van der Waals surface area contributed by atoms with Crippen molar-refractivity contribution in [2.75, 3.05) is 6.61 Å². The number of aliphatic hydroxyl groups is 1. The summed E-state index contributed by atoms with van der Waals surface area (Å²) in [6.07, 6.45) is -3.89. The van der Waals surface area contributed by atoms with Gasteiger partial charge in [0, 0.05) is 12.3 Å². The van der Waals surface area contributed by atoms with Gasteiger partial charge in [-0.25, -0.2) is 18.1 Å². The fourth-order valence-electron chi connectivity index (χ4n) is 3.52. The zero-order valence-corrected chi connectivity index (χ0v) is 21.6. The van der Waals surface area contributed by atoms with E-state index in [1.807, 2.05) is 4.98 Å². The number of benzene rings is 1. The average molecular weight is 559 g/mol. The number of rotatable bonds is 11. The van der Waals surface area contributed by atoms with Gasteiger partial charge in [0.2, 0.25) is 5.67 Å². The first-order valence-electron chi connectivity index (χ1n) is 11.4. The molecular formula is C23H28F2N3O9P. The molecule has 2 aromatic rings. The van der Waals surface area contributed by atoms with Crippen LogP contribution in [-0.4, -0.2) is 57.0 Å². The Kier molecular flexibility index (Phi) is 8.74. The average Bonchev–Trinajstić information content (AvgIpc) is 3.05. The normalized spacial score (nSPS) is 27.4. The van der Waals surface area contributed by atoms with Gasteiger partial charge in [0.1, 0.15) is 18.4 Å². The highest BCUT2D eigenvalue weighted by atomic mass is 31.2. The smallest absolute Gasteiger partial charge is 0.459 e. The van der Waals surface area contributed by atoms with Gasteiger partial charge in [-0.05, 0) is 39.0 Å². The number of esters is 1. The lowest BCUT2D eigenvalue weighted by Crippen LogP contribution is -2.48. The highest BCUT2D eigenvalue weighted by Crippen LogP contribution is 2.51. The van der Waals surface area contributed by atoms with Crippen LogP contribution in [0.4, 0.5) is 8.78 Å². The van der Waals surface area contributed by atoms with Gasteiger partial charge in [-0.15, -0.1) is 0 Å². The van der Waals surface area contributed by atoms with E-state index >= 15 is 8.78 Å². The van der Waals surface area contributed by atoms with Crippen molar-refractivity contribution in [3.05, 3.63) is 76.1 Å². The Balaban J connectivity index is 1.90. The minimum Gasteiger partial charge on any atom is -0.462 e. The molecule has 208 valence electrons. The molecule has 3 rings (SSSR count). The Hall–Kier alpha value is -3.16. The molecule has 0 bridgehead atoms. The summed E-state index contributed by atoms with van der Waals surface area (Å²) in [6, 6.07) is 7.14. The molecule has 6 atom stereocenters. The summed E-state index contributed by atoms with van der Waals surface area (Å²) in [5.41, 5.74) is -5.05. The van der Waals surface area contributed by atoms with E-state index in [0.29, 0.717) is 10.6 Å². The van der Waals surface area contributed by atoms with Crippen LogP contribution in [0.5, 0.6) is 5.75 Å². The van der Waals surface area contributed by atoms with Crippen LogP contribution < -0.4 is 20.9 Å². The van der Waals surface area contributed by atoms with Crippen LogP contribution in [0.3, 0.4) is 0 Å². The highest BCUT2D eigenvalue weighted by molar-refractivity contribution is 7.52. The number of aromatic amines is 1. The number of ether oxygens (including phenoxy) is 2. The molecule has 0 spiro atoms. The summed E-state index contributed by atoms with van der Waals surface area (Å²) in [4.78, 5) is 37.7. The third-order valence-corrected chi connectivity index (χ3v) is 7.01. The summed E-state index contributed by atoms with van der Waals surface area (Å²) in [5, 5.41) is 12.9. The monoisotopic (exact) mass is 559 g/mol. The minimum absolute atomic E-state index is 0.0113. The van der Waals surface area contributed by atoms with Gasteiger partial charge in [-0.2, -0.15) is 5.09 Å². The number of halogens is 2. The molecule has 2 unspecified atom stereocenters. The third-order valence-electron chi connectivity index (χ3n) is 5.39. The number of carbonyl (C=O) groups excluding carboxylic acids is 1. The maximum absolute atomic E-state index is 15.9. The predicted octanol–water partition coefficient (Wildman–Crippen LogP) is 2.12. The van der Waals surface area contributed by atoms with Crippen molar-refractivity contribution in [2.24, 2.45) is 0 Å². The Morgan fingerprint density at radius 3 is 2.53 bits per heavy atom. The number of hydrogen-bond donors (Lipinski definition) is 3. The van der Waals surface area contributed by atoms with Crippen molar-refractivity contribution in [3.63, 3.8) is 0 Å². The quantitative estimate of drug-likeness (QED) is 0.212. The van der Waals surface area contributed by atoms with E-state index < -0.39 is 67.6 Å². The van der Waals surface area contributed by atoms with E-state index in [9.17, 15) is 24.1 Å². The largest absolute Gasteiger partial charge is 0.462 e. The van der Waals surface area contributed by atoms with Crippen molar-refractivity contribution < 1.29 is 41.8 Å². The summed E-state index contributed by atoms with van der Waals surface area (Å²) in [7, 11) is -4.62. The van der Waals surface area contributed by atoms with Gasteiger partial charge < -0.3 is 19.1 Å². The molecule has 3 N–H and O–H groups in total. The van der Waals surface area contributed by atoms with E-state index in [2.05, 4.69) is 11.7 Å². The fraction of sp³-hybridized carbons (Fsp3) is 0.435. The lowest BCUT2D eigenvalue weighted by molar-refractivity contribution is -0.204. The van der Waals surface area contributed by atoms with Gasteiger partial charge in [-0.3, -0.25) is 23.7 Å². The van der Waals surface area contributed by atoms with Crippen LogP contribution in [0.2, 0.25) is 0 Å². The highest BCUT2D eigenvalue weighted by Gasteiger charge is 2.66. The molecule has 0 aliphatic carbocycles. The van der Waals surface area contributed by atoms with E-state index in [1.165, 1.54) is 19.1 Å². The number of aromatic nitrogens is 2. The molecule has 0 radical (unpaired) electrons. The van der Waals surface area contributed by atoms with Gasteiger partial charge in [-0.1, -0.05) is 24.8 Å². The van der Waals surface area contributed by atoms with E-state index in [4.69, 9.17) is 18.5 Å². The summed E-state index contributed by atoms with van der Waals surface area (Å²) < 4.78 is 66.5. The topological polar surface area (TPSA) is 158 Å². The number of hydrogen-bond acceptors (Lipinski definition) is 9. The van der Waals surface area contributed by atoms with Crippen LogP contribution in [0, 0.1) is 0 Å². The number of carbonyl (C=O) groups is 1. The van der Waals surface area contributed by atoms with Crippen LogP contribution in [0.1, 0.15) is 27.0 Å². The molecule has 1 aromatic heterocycles. The first kappa shape index (κ1) is 29.4. The molecule has 0 amide bonds. The van der Waals surface area contributed by atoms with Gasteiger partial charge >= 0.3 is 19.4 Å². The van der Waals surface area contributed by atoms with E-state index in [1.54, 1.807) is 32.0 Å². The second-order valence-electron chi connectivity index (χ2n) is 8.72. The zero-order chi connectivity index (χ0) is 28.3. The lowest BCUT2D eigenvalue weighted by atomic mass is 9.95. The molecule has 1 aliphatic heterocycles. The first-order valence-corrected chi connectivity index (χ1v) is 12.9. The molecule has 12 nitrogen and oxygen atoms in total. The maximum atomic E-state index is 15.9. The van der Waals surface area contributed by atoms with Crippen molar-refractivity contribution in [3.8, 4) is 5.75 Å². The Morgan fingerprint density at radius 2 is 1.95 bits per heavy atom. The standard InChI is InChI=1S/C23H28F2N3O9P/c1-5-22(24)19(31)23(25,36-20(22)28-12-11-17(29)26-21(28)32)13-34-38(33,37-16-9-7-6-8-10-16)27-15(4)18(30)35-14(2)3/h5-12,14-15,19-20,31H,1,13H2,2-4H3,(H,27,33)(H,26,29,32)/t15?,19-,20+,22+,23+,38?/m0/s1. The van der Waals surface area contributed by atoms with Crippen molar-refractivity contribution >= 4 is 13.7 Å². The Morgan fingerprint density at radius 1 is 1.29 bits per heavy atom. The number of para-hydroxylation sites is 1. The van der Waals surface area contributed by atoms with Crippen LogP contribution >= 0.6 is 7.75 Å². The SMILES string of the molecule is C=C[C@]1(F)[C@H](n2ccc(=O)[nH]c2=O)O[C@](F)(COP(=O)(NC(C)C(=O)OC(C)C)Oc2ccccc2)[C@H]1O. The summed E-state index contributed by atoms with van der Waals surface area (Å²) >= 11 is 0. The molecular weight excluding hydrogens is 531 g/mol. The van der Waals surface area contributed by atoms with Crippen molar-refractivity contribution in [1.29, 1.82) is 0 Å². The number of H-pyrrole nitrogens is 1. The van der Waals surface area contributed by atoms with Crippen molar-refractivity contribution in [1.82, 2.24) is 14.6 Å². The number of nitrogens with one attached hydrogen (secondary N) is 2. The molecule has 1 aliphatic rings. The molecule has 2 heterocycles. The number of aliphatic hydroxyl groups excluding tert-OH is 1. The third kappa shape index (κ3) is 6.27. The lowest BCUT2D eigenvalue weighted by Gasteiger charge is -2.28. The second kappa shape index (κ2) is 11.3. The Labute approximate surface area is 215 Å². The fourth-order valence-corrected chi connectivity index (χ4v) is 5.03. The predicted molar refractivity (Wildman–Crippen MR) is 130 cm³/mol. The van der Waals surface area contributed by atoms with E-state index in [-0.39, 0.29) is 5.75 Å². The zero-order valence-electron chi connectivity index (χ0n) is 20.7. The molecule has 1 aromatic carbocycles. The van der Waals surface area contributed by atoms with Crippen LogP contribution in [0.15, 0.2) is 64.8 Å². The summed E-state index contributed by atoms with van der Waals surface area (Å²) in [5.74, 6) is -4.21. The van der Waals surface area contributed by atoms with Crippen LogP contribution in [-0.2, 0) is 23.4 Å². The molecule has 0 saturated carbocycles. The Bertz CT molecular complexity index is 1320. The van der Waals surface area contributed by atoms with Gasteiger partial charge in [0.25, 0.3) is 11.4 Å². The first-order chi connectivity index (χ1) is 17.7. The van der Waals surface area contributed by atoms with E-state index in [0.717, 1.165) is 12.3 Å². The molecule has 1 saturated heterocycles. The van der Waals surface area contributed by atoms with Gasteiger partial charge in [0.05, 0.1) is 6.10 Å². The number of alkyl halides is 2. The number of nitrogens with zero attached hydrogens (tertiary/aromatic N) is 1. The second-order valence-corrected chi connectivity index (χ2v) is 10.4. The molecule has 1 fully saturated rings. The van der Waals surface area contributed by atoms with Gasteiger partial charge in [0.15, 0.2) is 12.3 Å². The minimum atomic E-state index is -4.62. The molecule has 38 heavy (non-hydrogen) atoms. The summed E-state index contributed by atoms with van der Waals surface area (Å²) in [6.45, 7) is 6.35. The van der Waals surface area contributed by atoms with Crippen molar-refractivity contribution in [2.45, 2.75) is 56.8 Å².